The number of hydrogen-bond donors (Lipinski definition) is 2. The number of rotatable bonds is 11. The van der Waals surface area contributed by atoms with Gasteiger partial charge < -0.3 is 24.6 Å². The molecule has 1 aromatic rings. The highest BCUT2D eigenvalue weighted by Crippen LogP contribution is 2.26. The minimum atomic E-state index is -0.496. The Morgan fingerprint density at radius 1 is 1.10 bits per heavy atom. The highest BCUT2D eigenvalue weighted by Gasteiger charge is 2.17. The van der Waals surface area contributed by atoms with Gasteiger partial charge in [0.15, 0.2) is 11.5 Å². The number of aldehydes is 1. The second-order valence-corrected chi connectivity index (χ2v) is 8.42. The third-order valence-electron chi connectivity index (χ3n) is 4.72. The average Bonchev–Trinajstić information content (AvgIpc) is 2.71. The number of ether oxygens (including phenoxy) is 3. The lowest BCUT2D eigenvalue weighted by atomic mass is 10.2. The first-order chi connectivity index (χ1) is 14.8. The van der Waals surface area contributed by atoms with Crippen molar-refractivity contribution >= 4 is 12.4 Å². The van der Waals surface area contributed by atoms with Crippen molar-refractivity contribution in [1.29, 1.82) is 0 Å². The summed E-state index contributed by atoms with van der Waals surface area (Å²) in [6.45, 7) is 12.9. The molecule has 9 nitrogen and oxygen atoms in total. The van der Waals surface area contributed by atoms with Gasteiger partial charge in [-0.25, -0.2) is 4.79 Å². The van der Waals surface area contributed by atoms with Crippen molar-refractivity contribution in [2.45, 2.75) is 26.4 Å². The zero-order chi connectivity index (χ0) is 22.7. The fourth-order valence-electron chi connectivity index (χ4n) is 3.09. The van der Waals surface area contributed by atoms with E-state index in [2.05, 4.69) is 15.1 Å². The standard InChI is InChI=1S/C22H35N3O6/c1-22(2,3)31-21(28)23-6-13-29-14-11-24-7-9-25(10-8-24)12-15-30-20-5-4-18(17-26)16-19(20)27/h4-5,16-17,27H,6-15H2,1-3H3,(H,23,28). The van der Waals surface area contributed by atoms with Gasteiger partial charge in [-0.3, -0.25) is 14.6 Å². The largest absolute Gasteiger partial charge is 0.504 e. The van der Waals surface area contributed by atoms with Gasteiger partial charge in [0.1, 0.15) is 18.5 Å². The number of nitrogens with one attached hydrogen (secondary N) is 1. The summed E-state index contributed by atoms with van der Waals surface area (Å²) in [4.78, 5) is 26.9. The van der Waals surface area contributed by atoms with Crippen molar-refractivity contribution in [2.75, 3.05) is 65.6 Å². The monoisotopic (exact) mass is 437 g/mol. The van der Waals surface area contributed by atoms with Crippen molar-refractivity contribution < 1.29 is 28.9 Å². The van der Waals surface area contributed by atoms with E-state index < -0.39 is 11.7 Å². The number of phenols is 1. The summed E-state index contributed by atoms with van der Waals surface area (Å²) in [6, 6.07) is 4.63. The SMILES string of the molecule is CC(C)(C)OC(=O)NCCOCCN1CCN(CCOc2ccc(C=O)cc2O)CC1. The lowest BCUT2D eigenvalue weighted by molar-refractivity contribution is 0.0475. The minimum Gasteiger partial charge on any atom is -0.504 e. The van der Waals surface area contributed by atoms with Crippen LogP contribution in [0.15, 0.2) is 18.2 Å². The number of piperazine rings is 1. The molecule has 1 heterocycles. The molecule has 0 radical (unpaired) electrons. The number of hydrogen-bond acceptors (Lipinski definition) is 8. The summed E-state index contributed by atoms with van der Waals surface area (Å²) in [6.07, 6.45) is 0.263. The smallest absolute Gasteiger partial charge is 0.407 e. The van der Waals surface area contributed by atoms with Gasteiger partial charge in [-0.2, -0.15) is 0 Å². The molecule has 1 aliphatic rings. The van der Waals surface area contributed by atoms with Crippen molar-refractivity contribution in [1.82, 2.24) is 15.1 Å². The van der Waals surface area contributed by atoms with E-state index in [-0.39, 0.29) is 5.75 Å². The first-order valence-electron chi connectivity index (χ1n) is 10.7. The molecule has 0 aromatic heterocycles. The van der Waals surface area contributed by atoms with Gasteiger partial charge in [-0.05, 0) is 39.0 Å². The number of alkyl carbamates (subject to hydrolysis) is 1. The molecule has 0 saturated carbocycles. The zero-order valence-corrected chi connectivity index (χ0v) is 18.8. The molecule has 1 aromatic carbocycles. The first kappa shape index (κ1) is 24.9. The van der Waals surface area contributed by atoms with Crippen molar-refractivity contribution in [3.05, 3.63) is 23.8 Å². The predicted octanol–water partition coefficient (Wildman–Crippen LogP) is 1.74. The fourth-order valence-corrected chi connectivity index (χ4v) is 3.09. The summed E-state index contributed by atoms with van der Waals surface area (Å²) >= 11 is 0. The molecule has 9 heteroatoms. The molecule has 2 N–H and O–H groups in total. The van der Waals surface area contributed by atoms with E-state index in [0.29, 0.717) is 44.0 Å². The van der Waals surface area contributed by atoms with Crippen molar-refractivity contribution in [3.63, 3.8) is 0 Å². The van der Waals surface area contributed by atoms with Crippen LogP contribution in [0.1, 0.15) is 31.1 Å². The van der Waals surface area contributed by atoms with Crippen LogP contribution in [0, 0.1) is 0 Å². The molecule has 1 aliphatic heterocycles. The second kappa shape index (κ2) is 12.5. The van der Waals surface area contributed by atoms with E-state index >= 15 is 0 Å². The predicted molar refractivity (Wildman–Crippen MR) is 117 cm³/mol. The number of nitrogens with zero attached hydrogens (tertiary/aromatic N) is 2. The molecular formula is C22H35N3O6. The number of amides is 1. The Morgan fingerprint density at radius 2 is 1.74 bits per heavy atom. The maximum Gasteiger partial charge on any atom is 0.407 e. The van der Waals surface area contributed by atoms with Crippen LogP contribution in [0.2, 0.25) is 0 Å². The van der Waals surface area contributed by atoms with Gasteiger partial charge in [0.25, 0.3) is 0 Å². The van der Waals surface area contributed by atoms with Gasteiger partial charge in [-0.1, -0.05) is 0 Å². The molecule has 1 saturated heterocycles. The maximum atomic E-state index is 11.5. The number of carbonyl (C=O) groups excluding carboxylic acids is 2. The van der Waals surface area contributed by atoms with E-state index in [1.807, 2.05) is 20.8 Å². The summed E-state index contributed by atoms with van der Waals surface area (Å²) in [5.41, 5.74) is -0.0757. The molecule has 0 unspecified atom stereocenters. The molecule has 31 heavy (non-hydrogen) atoms. The lowest BCUT2D eigenvalue weighted by Crippen LogP contribution is -2.48. The molecule has 0 atom stereocenters. The Balaban J connectivity index is 1.50. The van der Waals surface area contributed by atoms with E-state index in [1.165, 1.54) is 6.07 Å². The first-order valence-corrected chi connectivity index (χ1v) is 10.7. The van der Waals surface area contributed by atoms with Crippen molar-refractivity contribution in [2.24, 2.45) is 0 Å². The third-order valence-corrected chi connectivity index (χ3v) is 4.72. The van der Waals surface area contributed by atoms with Crippen LogP contribution in [-0.4, -0.2) is 98.5 Å². The van der Waals surface area contributed by atoms with Gasteiger partial charge in [0, 0.05) is 51.4 Å². The molecule has 0 bridgehead atoms. The summed E-state index contributed by atoms with van der Waals surface area (Å²) < 4.78 is 16.4. The molecule has 174 valence electrons. The topological polar surface area (TPSA) is 101 Å². The Morgan fingerprint density at radius 3 is 2.32 bits per heavy atom. The van der Waals surface area contributed by atoms with Crippen LogP contribution in [0.4, 0.5) is 4.79 Å². The normalized spacial score (nSPS) is 15.5. The zero-order valence-electron chi connectivity index (χ0n) is 18.8. The van der Waals surface area contributed by atoms with E-state index in [4.69, 9.17) is 14.2 Å². The molecule has 0 spiro atoms. The Bertz CT molecular complexity index is 699. The number of carbonyl (C=O) groups is 2. The highest BCUT2D eigenvalue weighted by molar-refractivity contribution is 5.76. The lowest BCUT2D eigenvalue weighted by Gasteiger charge is -2.34. The average molecular weight is 438 g/mol. The van der Waals surface area contributed by atoms with Crippen LogP contribution >= 0.6 is 0 Å². The highest BCUT2D eigenvalue weighted by atomic mass is 16.6. The molecule has 0 aliphatic carbocycles. The van der Waals surface area contributed by atoms with Gasteiger partial charge in [0.2, 0.25) is 0 Å². The molecular weight excluding hydrogens is 402 g/mol. The van der Waals surface area contributed by atoms with Crippen LogP contribution < -0.4 is 10.1 Å². The number of benzene rings is 1. The number of phenolic OH excluding ortho intramolecular Hbond substituents is 1. The van der Waals surface area contributed by atoms with Crippen LogP contribution in [0.25, 0.3) is 0 Å². The summed E-state index contributed by atoms with van der Waals surface area (Å²) in [7, 11) is 0. The van der Waals surface area contributed by atoms with E-state index in [0.717, 1.165) is 39.3 Å². The van der Waals surface area contributed by atoms with Crippen LogP contribution in [-0.2, 0) is 9.47 Å². The maximum absolute atomic E-state index is 11.5. The molecule has 2 rings (SSSR count). The number of aromatic hydroxyl groups is 1. The van der Waals surface area contributed by atoms with Gasteiger partial charge >= 0.3 is 6.09 Å². The summed E-state index contributed by atoms with van der Waals surface area (Å²) in [5, 5.41) is 12.5. The van der Waals surface area contributed by atoms with E-state index in [9.17, 15) is 14.7 Å². The quantitative estimate of drug-likeness (QED) is 0.399. The Labute approximate surface area is 184 Å². The molecule has 1 amide bonds. The van der Waals surface area contributed by atoms with Crippen molar-refractivity contribution in [3.8, 4) is 11.5 Å². The third kappa shape index (κ3) is 9.99. The Hall–Kier alpha value is -2.36. The fraction of sp³-hybridized carbons (Fsp3) is 0.636. The van der Waals surface area contributed by atoms with Gasteiger partial charge in [-0.15, -0.1) is 0 Å². The second-order valence-electron chi connectivity index (χ2n) is 8.42. The van der Waals surface area contributed by atoms with Crippen LogP contribution in [0.5, 0.6) is 11.5 Å². The molecule has 1 fully saturated rings. The minimum absolute atomic E-state index is 0.0179. The van der Waals surface area contributed by atoms with Gasteiger partial charge in [0.05, 0.1) is 13.2 Å². The summed E-state index contributed by atoms with van der Waals surface area (Å²) in [5.74, 6) is 0.373. The van der Waals surface area contributed by atoms with Crippen LogP contribution in [0.3, 0.4) is 0 Å². The van der Waals surface area contributed by atoms with E-state index in [1.54, 1.807) is 12.1 Å². The Kier molecular flexibility index (Phi) is 10.0.